The molecule has 0 atom stereocenters. The number of nitrogens with one attached hydrogen (secondary N) is 1. The highest BCUT2D eigenvalue weighted by Crippen LogP contribution is 2.21. The van der Waals surface area contributed by atoms with Gasteiger partial charge < -0.3 is 9.84 Å². The second kappa shape index (κ2) is 5.75. The molecule has 0 saturated carbocycles. The van der Waals surface area contributed by atoms with E-state index in [1.54, 1.807) is 6.07 Å². The van der Waals surface area contributed by atoms with Gasteiger partial charge in [-0.05, 0) is 36.8 Å². The summed E-state index contributed by atoms with van der Waals surface area (Å²) in [7, 11) is 0. The van der Waals surface area contributed by atoms with Crippen molar-refractivity contribution in [3.05, 3.63) is 65.8 Å². The maximum absolute atomic E-state index is 13.3. The monoisotopic (exact) mass is 283 g/mol. The van der Waals surface area contributed by atoms with Gasteiger partial charge in [-0.2, -0.15) is 4.98 Å². The van der Waals surface area contributed by atoms with E-state index < -0.39 is 0 Å². The Labute approximate surface area is 121 Å². The van der Waals surface area contributed by atoms with E-state index in [-0.39, 0.29) is 5.82 Å². The highest BCUT2D eigenvalue weighted by Gasteiger charge is 2.11. The first-order valence-corrected chi connectivity index (χ1v) is 6.60. The Morgan fingerprint density at radius 1 is 1.14 bits per heavy atom. The fraction of sp³-hybridized carbons (Fsp3) is 0.125. The molecular formula is C16H14FN3O. The number of nitrogens with zero attached hydrogens (tertiary/aromatic N) is 2. The molecule has 1 aromatic heterocycles. The molecule has 3 aromatic rings. The molecule has 0 unspecified atom stereocenters. The number of halogens is 1. The zero-order valence-electron chi connectivity index (χ0n) is 11.5. The smallest absolute Gasteiger partial charge is 0.246 e. The Kier molecular flexibility index (Phi) is 3.64. The Morgan fingerprint density at radius 3 is 2.76 bits per heavy atom. The van der Waals surface area contributed by atoms with Gasteiger partial charge in [0.1, 0.15) is 5.82 Å². The number of rotatable bonds is 4. The number of hydrogen-bond acceptors (Lipinski definition) is 4. The van der Waals surface area contributed by atoms with Gasteiger partial charge in [-0.25, -0.2) is 4.39 Å². The first-order valence-electron chi connectivity index (χ1n) is 6.60. The third-order valence-corrected chi connectivity index (χ3v) is 3.13. The molecule has 0 spiro atoms. The first-order chi connectivity index (χ1) is 10.2. The number of aryl methyl sites for hydroxylation is 1. The fourth-order valence-electron chi connectivity index (χ4n) is 2.00. The average Bonchev–Trinajstić information content (AvgIpc) is 2.97. The average molecular weight is 283 g/mol. The van der Waals surface area contributed by atoms with Crippen molar-refractivity contribution in [1.29, 1.82) is 0 Å². The van der Waals surface area contributed by atoms with Crippen LogP contribution < -0.4 is 5.32 Å². The van der Waals surface area contributed by atoms with E-state index in [9.17, 15) is 4.39 Å². The van der Waals surface area contributed by atoms with Crippen molar-refractivity contribution in [3.8, 4) is 11.4 Å². The standard InChI is InChI=1S/C16H14FN3O/c1-11-7-8-12(17)9-14(11)16-19-15(21-20-16)10-18-13-5-3-2-4-6-13/h2-9,18H,10H2,1H3. The molecule has 0 saturated heterocycles. The summed E-state index contributed by atoms with van der Waals surface area (Å²) in [6.07, 6.45) is 0. The van der Waals surface area contributed by atoms with Gasteiger partial charge in [-0.15, -0.1) is 0 Å². The zero-order valence-corrected chi connectivity index (χ0v) is 11.5. The van der Waals surface area contributed by atoms with Crippen LogP contribution in [0.15, 0.2) is 53.1 Å². The van der Waals surface area contributed by atoms with Crippen molar-refractivity contribution in [2.75, 3.05) is 5.32 Å². The second-order valence-corrected chi connectivity index (χ2v) is 4.69. The van der Waals surface area contributed by atoms with E-state index in [0.29, 0.717) is 23.8 Å². The fourth-order valence-corrected chi connectivity index (χ4v) is 2.00. The minimum Gasteiger partial charge on any atom is -0.376 e. The molecule has 0 aliphatic carbocycles. The van der Waals surface area contributed by atoms with Crippen molar-refractivity contribution >= 4 is 5.69 Å². The van der Waals surface area contributed by atoms with E-state index in [1.807, 2.05) is 37.3 Å². The molecule has 4 nitrogen and oxygen atoms in total. The maximum Gasteiger partial charge on any atom is 0.246 e. The lowest BCUT2D eigenvalue weighted by atomic mass is 10.1. The van der Waals surface area contributed by atoms with Crippen LogP contribution in [0.5, 0.6) is 0 Å². The molecular weight excluding hydrogens is 269 g/mol. The van der Waals surface area contributed by atoms with Gasteiger partial charge in [0, 0.05) is 11.3 Å². The summed E-state index contributed by atoms with van der Waals surface area (Å²) in [5.41, 5.74) is 2.52. The maximum atomic E-state index is 13.3. The third kappa shape index (κ3) is 3.08. The highest BCUT2D eigenvalue weighted by molar-refractivity contribution is 5.59. The summed E-state index contributed by atoms with van der Waals surface area (Å²) in [6, 6.07) is 14.3. The topological polar surface area (TPSA) is 51.0 Å². The molecule has 1 heterocycles. The van der Waals surface area contributed by atoms with Crippen LogP contribution in [-0.4, -0.2) is 10.1 Å². The van der Waals surface area contributed by atoms with Gasteiger partial charge in [-0.1, -0.05) is 29.4 Å². The lowest BCUT2D eigenvalue weighted by Gasteiger charge is -2.01. The molecule has 0 bridgehead atoms. The van der Waals surface area contributed by atoms with Gasteiger partial charge >= 0.3 is 0 Å². The minimum atomic E-state index is -0.315. The summed E-state index contributed by atoms with van der Waals surface area (Å²) in [5.74, 6) is 0.540. The van der Waals surface area contributed by atoms with Crippen molar-refractivity contribution in [3.63, 3.8) is 0 Å². The normalized spacial score (nSPS) is 10.6. The van der Waals surface area contributed by atoms with Crippen molar-refractivity contribution in [2.24, 2.45) is 0 Å². The number of aromatic nitrogens is 2. The van der Waals surface area contributed by atoms with E-state index in [1.165, 1.54) is 12.1 Å². The lowest BCUT2D eigenvalue weighted by molar-refractivity contribution is 0.384. The van der Waals surface area contributed by atoms with Crippen LogP contribution >= 0.6 is 0 Å². The predicted octanol–water partition coefficient (Wildman–Crippen LogP) is 3.80. The van der Waals surface area contributed by atoms with E-state index in [2.05, 4.69) is 15.5 Å². The summed E-state index contributed by atoms with van der Waals surface area (Å²) < 4.78 is 18.5. The van der Waals surface area contributed by atoms with Gasteiger partial charge in [-0.3, -0.25) is 0 Å². The van der Waals surface area contributed by atoms with Crippen molar-refractivity contribution in [1.82, 2.24) is 10.1 Å². The van der Waals surface area contributed by atoms with Crippen LogP contribution in [0.25, 0.3) is 11.4 Å². The molecule has 5 heteroatoms. The van der Waals surface area contributed by atoms with Crippen LogP contribution in [0.4, 0.5) is 10.1 Å². The zero-order chi connectivity index (χ0) is 14.7. The van der Waals surface area contributed by atoms with Gasteiger partial charge in [0.2, 0.25) is 11.7 Å². The van der Waals surface area contributed by atoms with Crippen LogP contribution in [0, 0.1) is 12.7 Å². The molecule has 0 aliphatic rings. The summed E-state index contributed by atoms with van der Waals surface area (Å²) in [5, 5.41) is 7.09. The van der Waals surface area contributed by atoms with Gasteiger partial charge in [0.15, 0.2) is 0 Å². The van der Waals surface area contributed by atoms with Crippen LogP contribution in [0.2, 0.25) is 0 Å². The SMILES string of the molecule is Cc1ccc(F)cc1-c1noc(CNc2ccccc2)n1. The highest BCUT2D eigenvalue weighted by atomic mass is 19.1. The van der Waals surface area contributed by atoms with Gasteiger partial charge in [0.25, 0.3) is 0 Å². The quantitative estimate of drug-likeness (QED) is 0.791. The van der Waals surface area contributed by atoms with E-state index in [0.717, 1.165) is 11.3 Å². The van der Waals surface area contributed by atoms with Crippen LogP contribution in [0.1, 0.15) is 11.5 Å². The number of benzene rings is 2. The molecule has 1 N–H and O–H groups in total. The molecule has 2 aromatic carbocycles. The summed E-state index contributed by atoms with van der Waals surface area (Å²) in [4.78, 5) is 4.29. The second-order valence-electron chi connectivity index (χ2n) is 4.69. The molecule has 0 aliphatic heterocycles. The number of para-hydroxylation sites is 1. The molecule has 0 fully saturated rings. The minimum absolute atomic E-state index is 0.315. The number of anilines is 1. The van der Waals surface area contributed by atoms with Crippen LogP contribution in [0.3, 0.4) is 0 Å². The predicted molar refractivity (Wildman–Crippen MR) is 78.2 cm³/mol. The number of hydrogen-bond donors (Lipinski definition) is 1. The summed E-state index contributed by atoms with van der Waals surface area (Å²) in [6.45, 7) is 2.30. The molecule has 21 heavy (non-hydrogen) atoms. The molecule has 0 radical (unpaired) electrons. The molecule has 3 rings (SSSR count). The third-order valence-electron chi connectivity index (χ3n) is 3.13. The van der Waals surface area contributed by atoms with Crippen molar-refractivity contribution in [2.45, 2.75) is 13.5 Å². The molecule has 106 valence electrons. The Balaban J connectivity index is 1.76. The summed E-state index contributed by atoms with van der Waals surface area (Å²) >= 11 is 0. The van der Waals surface area contributed by atoms with Crippen molar-refractivity contribution < 1.29 is 8.91 Å². The van der Waals surface area contributed by atoms with E-state index >= 15 is 0 Å². The van der Waals surface area contributed by atoms with E-state index in [4.69, 9.17) is 4.52 Å². The Bertz CT molecular complexity index is 740. The first kappa shape index (κ1) is 13.3. The molecule has 0 amide bonds. The largest absolute Gasteiger partial charge is 0.376 e. The Morgan fingerprint density at radius 2 is 1.95 bits per heavy atom. The Hall–Kier alpha value is -2.69. The van der Waals surface area contributed by atoms with Crippen LogP contribution in [-0.2, 0) is 6.54 Å². The van der Waals surface area contributed by atoms with Gasteiger partial charge in [0.05, 0.1) is 6.54 Å². The lowest BCUT2D eigenvalue weighted by Crippen LogP contribution is -1.99.